The Bertz CT molecular complexity index is 604. The summed E-state index contributed by atoms with van der Waals surface area (Å²) < 4.78 is 37.2. The normalized spacial score (nSPS) is 11.6. The maximum atomic E-state index is 12.6. The molecule has 0 aliphatic carbocycles. The van der Waals surface area contributed by atoms with Crippen LogP contribution in [0, 0.1) is 5.82 Å². The van der Waals surface area contributed by atoms with Crippen molar-refractivity contribution in [1.29, 1.82) is 0 Å². The summed E-state index contributed by atoms with van der Waals surface area (Å²) in [6, 6.07) is 5.84. The number of aromatic nitrogens is 2. The van der Waals surface area contributed by atoms with Crippen molar-refractivity contribution in [2.45, 2.75) is 4.90 Å². The lowest BCUT2D eigenvalue weighted by atomic mass is 10.4. The van der Waals surface area contributed by atoms with Gasteiger partial charge in [-0.15, -0.1) is 5.10 Å². The third kappa shape index (κ3) is 1.76. The number of benzene rings is 1. The van der Waals surface area contributed by atoms with Gasteiger partial charge in [0.15, 0.2) is 0 Å². The van der Waals surface area contributed by atoms with E-state index in [1.165, 1.54) is 24.4 Å². The number of rotatable bonds is 2. The number of nitrogens with two attached hydrogens (primary N) is 1. The van der Waals surface area contributed by atoms with E-state index in [0.717, 1.165) is 16.2 Å². The Balaban J connectivity index is 2.51. The minimum absolute atomic E-state index is 0.0444. The molecule has 0 fully saturated rings. The molecule has 0 bridgehead atoms. The molecule has 0 atom stereocenters. The molecule has 1 aromatic carbocycles. The summed E-state index contributed by atoms with van der Waals surface area (Å²) in [4.78, 5) is -0.0444. The first-order valence-electron chi connectivity index (χ1n) is 4.32. The van der Waals surface area contributed by atoms with E-state index >= 15 is 0 Å². The zero-order valence-corrected chi connectivity index (χ0v) is 8.86. The van der Waals surface area contributed by atoms with E-state index in [2.05, 4.69) is 5.10 Å². The number of hydrogen-bond acceptors (Lipinski definition) is 4. The first-order valence-corrected chi connectivity index (χ1v) is 5.76. The summed E-state index contributed by atoms with van der Waals surface area (Å²) in [6.45, 7) is 0. The van der Waals surface area contributed by atoms with Crippen LogP contribution in [0.3, 0.4) is 0 Å². The summed E-state index contributed by atoms with van der Waals surface area (Å²) in [6.07, 6.45) is 1.23. The summed E-state index contributed by atoms with van der Waals surface area (Å²) in [5.74, 6) is -0.399. The van der Waals surface area contributed by atoms with Crippen LogP contribution in [-0.4, -0.2) is 17.6 Å². The van der Waals surface area contributed by atoms with Crippen molar-refractivity contribution in [3.05, 3.63) is 42.3 Å². The second-order valence-electron chi connectivity index (χ2n) is 3.07. The summed E-state index contributed by atoms with van der Waals surface area (Å²) in [5.41, 5.74) is 5.32. The van der Waals surface area contributed by atoms with Crippen LogP contribution in [0.4, 0.5) is 10.2 Å². The van der Waals surface area contributed by atoms with Gasteiger partial charge in [0, 0.05) is 12.3 Å². The first-order chi connectivity index (χ1) is 7.50. The number of nitrogens with zero attached hydrogens (tertiary/aromatic N) is 2. The van der Waals surface area contributed by atoms with Crippen molar-refractivity contribution < 1.29 is 12.8 Å². The van der Waals surface area contributed by atoms with Crippen LogP contribution in [0.5, 0.6) is 0 Å². The van der Waals surface area contributed by atoms with E-state index < -0.39 is 15.8 Å². The SMILES string of the molecule is Nc1ccn(S(=O)(=O)c2ccc(F)cc2)n1. The molecule has 2 aromatic rings. The molecule has 0 amide bonds. The molecule has 2 rings (SSSR count). The molecular weight excluding hydrogens is 233 g/mol. The monoisotopic (exact) mass is 241 g/mol. The fourth-order valence-corrected chi connectivity index (χ4v) is 2.29. The van der Waals surface area contributed by atoms with E-state index in [1.807, 2.05) is 0 Å². The summed E-state index contributed by atoms with van der Waals surface area (Å²) >= 11 is 0. The van der Waals surface area contributed by atoms with Crippen molar-refractivity contribution in [3.63, 3.8) is 0 Å². The standard InChI is InChI=1S/C9H8FN3O2S/c10-7-1-3-8(4-2-7)16(14,15)13-6-5-9(11)12-13/h1-6H,(H2,11,12). The molecule has 84 valence electrons. The van der Waals surface area contributed by atoms with E-state index in [0.29, 0.717) is 0 Å². The predicted molar refractivity (Wildman–Crippen MR) is 55.6 cm³/mol. The third-order valence-electron chi connectivity index (χ3n) is 1.94. The fraction of sp³-hybridized carbons (Fsp3) is 0. The van der Waals surface area contributed by atoms with Crippen LogP contribution >= 0.6 is 0 Å². The molecule has 0 saturated carbocycles. The lowest BCUT2D eigenvalue weighted by molar-refractivity contribution is 0.579. The highest BCUT2D eigenvalue weighted by Crippen LogP contribution is 2.14. The molecule has 0 spiro atoms. The first kappa shape index (κ1) is 10.6. The smallest absolute Gasteiger partial charge is 0.283 e. The van der Waals surface area contributed by atoms with Crippen LogP contribution in [0.1, 0.15) is 0 Å². The average Bonchev–Trinajstić information content (AvgIpc) is 2.66. The molecule has 0 unspecified atom stereocenters. The van der Waals surface area contributed by atoms with Gasteiger partial charge in [0.1, 0.15) is 11.6 Å². The molecule has 5 nitrogen and oxygen atoms in total. The third-order valence-corrected chi connectivity index (χ3v) is 3.51. The Hall–Kier alpha value is -1.89. The molecule has 0 radical (unpaired) electrons. The Labute approximate surface area is 91.4 Å². The van der Waals surface area contributed by atoms with Crippen molar-refractivity contribution in [2.24, 2.45) is 0 Å². The van der Waals surface area contributed by atoms with Crippen LogP contribution in [0.25, 0.3) is 0 Å². The molecule has 0 aliphatic rings. The molecule has 0 aliphatic heterocycles. The van der Waals surface area contributed by atoms with Crippen molar-refractivity contribution in [2.75, 3.05) is 5.73 Å². The number of hydrogen-bond donors (Lipinski definition) is 1. The number of anilines is 1. The molecule has 7 heteroatoms. The lowest BCUT2D eigenvalue weighted by Crippen LogP contribution is -2.13. The fourth-order valence-electron chi connectivity index (χ4n) is 1.17. The van der Waals surface area contributed by atoms with Gasteiger partial charge in [-0.3, -0.25) is 0 Å². The summed E-state index contributed by atoms with van der Waals surface area (Å²) in [7, 11) is -3.78. The van der Waals surface area contributed by atoms with Crippen LogP contribution in [0.15, 0.2) is 41.4 Å². The van der Waals surface area contributed by atoms with Gasteiger partial charge >= 0.3 is 0 Å². The largest absolute Gasteiger partial charge is 0.382 e. The van der Waals surface area contributed by atoms with Gasteiger partial charge in [-0.25, -0.2) is 4.39 Å². The highest BCUT2D eigenvalue weighted by Gasteiger charge is 2.17. The quantitative estimate of drug-likeness (QED) is 0.845. The Kier molecular flexibility index (Phi) is 2.39. The molecule has 2 N–H and O–H groups in total. The molecular formula is C9H8FN3O2S. The van der Waals surface area contributed by atoms with Gasteiger partial charge in [-0.2, -0.15) is 12.5 Å². The zero-order valence-electron chi connectivity index (χ0n) is 8.04. The van der Waals surface area contributed by atoms with Crippen LogP contribution < -0.4 is 5.73 Å². The highest BCUT2D eigenvalue weighted by atomic mass is 32.2. The van der Waals surface area contributed by atoms with Gasteiger partial charge in [0.25, 0.3) is 10.0 Å². The average molecular weight is 241 g/mol. The topological polar surface area (TPSA) is 78.0 Å². The zero-order chi connectivity index (χ0) is 11.8. The van der Waals surface area contributed by atoms with E-state index in [1.54, 1.807) is 0 Å². The van der Waals surface area contributed by atoms with Crippen molar-refractivity contribution in [1.82, 2.24) is 9.19 Å². The maximum absolute atomic E-state index is 12.6. The second kappa shape index (κ2) is 3.60. The van der Waals surface area contributed by atoms with Crippen LogP contribution in [0.2, 0.25) is 0 Å². The van der Waals surface area contributed by atoms with Crippen molar-refractivity contribution >= 4 is 15.8 Å². The van der Waals surface area contributed by atoms with Gasteiger partial charge in [-0.1, -0.05) is 0 Å². The Morgan fingerprint density at radius 3 is 2.31 bits per heavy atom. The maximum Gasteiger partial charge on any atom is 0.283 e. The van der Waals surface area contributed by atoms with E-state index in [9.17, 15) is 12.8 Å². The van der Waals surface area contributed by atoms with Gasteiger partial charge < -0.3 is 5.73 Å². The minimum atomic E-state index is -3.78. The van der Waals surface area contributed by atoms with Crippen molar-refractivity contribution in [3.8, 4) is 0 Å². The summed E-state index contributed by atoms with van der Waals surface area (Å²) in [5, 5.41) is 3.59. The van der Waals surface area contributed by atoms with Gasteiger partial charge in [0.05, 0.1) is 4.90 Å². The van der Waals surface area contributed by atoms with Crippen LogP contribution in [-0.2, 0) is 10.0 Å². The lowest BCUT2D eigenvalue weighted by Gasteiger charge is -2.03. The molecule has 16 heavy (non-hydrogen) atoms. The second-order valence-corrected chi connectivity index (χ2v) is 4.87. The molecule has 1 heterocycles. The van der Waals surface area contributed by atoms with E-state index in [-0.39, 0.29) is 10.7 Å². The van der Waals surface area contributed by atoms with Gasteiger partial charge in [-0.05, 0) is 24.3 Å². The number of halogens is 1. The molecule has 1 aromatic heterocycles. The number of nitrogen functional groups attached to an aromatic ring is 1. The Morgan fingerprint density at radius 2 is 1.81 bits per heavy atom. The van der Waals surface area contributed by atoms with Gasteiger partial charge in [0.2, 0.25) is 0 Å². The molecule has 0 saturated heterocycles. The highest BCUT2D eigenvalue weighted by molar-refractivity contribution is 7.89. The predicted octanol–water partition coefficient (Wildman–Crippen LogP) is 0.841. The van der Waals surface area contributed by atoms with E-state index in [4.69, 9.17) is 5.73 Å². The minimum Gasteiger partial charge on any atom is -0.382 e. The Morgan fingerprint density at radius 1 is 1.19 bits per heavy atom.